The van der Waals surface area contributed by atoms with E-state index in [0.29, 0.717) is 24.4 Å². The number of anilines is 1. The van der Waals surface area contributed by atoms with Gasteiger partial charge in [-0.2, -0.15) is 0 Å². The van der Waals surface area contributed by atoms with Gasteiger partial charge in [-0.05, 0) is 24.3 Å². The van der Waals surface area contributed by atoms with Crippen LogP contribution in [0.25, 0.3) is 0 Å². The fourth-order valence-electron chi connectivity index (χ4n) is 1.57. The van der Waals surface area contributed by atoms with Crippen LogP contribution < -0.4 is 5.73 Å². The van der Waals surface area contributed by atoms with Gasteiger partial charge in [-0.3, -0.25) is 9.59 Å². The van der Waals surface area contributed by atoms with E-state index in [1.165, 1.54) is 9.80 Å². The Morgan fingerprint density at radius 3 is 2.24 bits per heavy atom. The largest absolute Gasteiger partial charge is 0.399 e. The minimum absolute atomic E-state index is 0. The number of carbonyl (C=O) groups is 2. The Labute approximate surface area is 131 Å². The fraction of sp³-hybridized carbons (Fsp3) is 0.429. The smallest absolute Gasteiger partial charge is 0.254 e. The summed E-state index contributed by atoms with van der Waals surface area (Å²) in [7, 11) is 4.87. The summed E-state index contributed by atoms with van der Waals surface area (Å²) in [4.78, 5) is 27.1. The van der Waals surface area contributed by atoms with Gasteiger partial charge in [0.15, 0.2) is 0 Å². The molecule has 118 valence electrons. The van der Waals surface area contributed by atoms with E-state index in [2.05, 4.69) is 0 Å². The Morgan fingerprint density at radius 1 is 1.19 bits per heavy atom. The number of benzene rings is 1. The second-order valence-corrected chi connectivity index (χ2v) is 4.63. The van der Waals surface area contributed by atoms with Gasteiger partial charge in [0, 0.05) is 39.0 Å². The lowest BCUT2D eigenvalue weighted by Crippen LogP contribution is -2.41. The summed E-state index contributed by atoms with van der Waals surface area (Å²) < 4.78 is 4.98. The van der Waals surface area contributed by atoms with Crippen molar-refractivity contribution in [2.45, 2.75) is 0 Å². The van der Waals surface area contributed by atoms with Gasteiger partial charge < -0.3 is 20.3 Å². The molecule has 0 heterocycles. The Kier molecular flexibility index (Phi) is 8.42. The van der Waals surface area contributed by atoms with Crippen molar-refractivity contribution in [3.8, 4) is 0 Å². The number of likely N-dealkylation sites (N-methyl/N-ethyl adjacent to an activating group) is 1. The first kappa shape index (κ1) is 19.2. The molecule has 0 bridgehead atoms. The van der Waals surface area contributed by atoms with Gasteiger partial charge >= 0.3 is 0 Å². The molecule has 1 aromatic carbocycles. The average Bonchev–Trinajstić information content (AvgIpc) is 2.43. The molecule has 0 aliphatic carbocycles. The number of hydrogen-bond donors (Lipinski definition) is 1. The predicted molar refractivity (Wildman–Crippen MR) is 84.6 cm³/mol. The molecule has 0 aromatic heterocycles. The van der Waals surface area contributed by atoms with Crippen molar-refractivity contribution in [3.63, 3.8) is 0 Å². The zero-order chi connectivity index (χ0) is 15.1. The van der Waals surface area contributed by atoms with Crippen molar-refractivity contribution >= 4 is 29.9 Å². The van der Waals surface area contributed by atoms with E-state index in [0.717, 1.165) is 0 Å². The molecule has 0 aliphatic rings. The van der Waals surface area contributed by atoms with Crippen LogP contribution in [0.5, 0.6) is 0 Å². The highest BCUT2D eigenvalue weighted by Crippen LogP contribution is 2.09. The number of methoxy groups -OCH3 is 1. The maximum Gasteiger partial charge on any atom is 0.254 e. The van der Waals surface area contributed by atoms with E-state index in [1.54, 1.807) is 45.5 Å². The van der Waals surface area contributed by atoms with Crippen LogP contribution in [-0.4, -0.2) is 62.5 Å². The minimum atomic E-state index is -0.211. The van der Waals surface area contributed by atoms with E-state index in [9.17, 15) is 9.59 Å². The second-order valence-electron chi connectivity index (χ2n) is 4.63. The molecule has 21 heavy (non-hydrogen) atoms. The van der Waals surface area contributed by atoms with Gasteiger partial charge in [-0.25, -0.2) is 0 Å². The molecule has 2 amide bonds. The summed E-state index contributed by atoms with van der Waals surface area (Å²) in [6.45, 7) is 0.764. The standard InChI is InChI=1S/C14H21N3O3.ClH/c1-16(2)13(18)10-17(8-9-20-3)14(19)11-4-6-12(15)7-5-11;/h4-7H,8-10,15H2,1-3H3;1H. The molecule has 1 aromatic rings. The van der Waals surface area contributed by atoms with Crippen LogP contribution in [0.4, 0.5) is 5.69 Å². The Morgan fingerprint density at radius 2 is 1.76 bits per heavy atom. The highest BCUT2D eigenvalue weighted by Gasteiger charge is 2.19. The van der Waals surface area contributed by atoms with Crippen LogP contribution in [0.3, 0.4) is 0 Å². The van der Waals surface area contributed by atoms with Gasteiger partial charge in [0.2, 0.25) is 5.91 Å². The highest BCUT2D eigenvalue weighted by atomic mass is 35.5. The number of carbonyl (C=O) groups excluding carboxylic acids is 2. The van der Waals surface area contributed by atoms with Crippen molar-refractivity contribution in [2.24, 2.45) is 0 Å². The zero-order valence-corrected chi connectivity index (χ0v) is 13.4. The van der Waals surface area contributed by atoms with E-state index < -0.39 is 0 Å². The van der Waals surface area contributed by atoms with Crippen LogP contribution in [-0.2, 0) is 9.53 Å². The van der Waals surface area contributed by atoms with Crippen molar-refractivity contribution in [1.29, 1.82) is 0 Å². The first-order valence-corrected chi connectivity index (χ1v) is 6.29. The third-order valence-corrected chi connectivity index (χ3v) is 2.84. The van der Waals surface area contributed by atoms with Gasteiger partial charge in [-0.15, -0.1) is 12.4 Å². The molecule has 0 saturated carbocycles. The molecule has 0 unspecified atom stereocenters. The SMILES string of the molecule is COCCN(CC(=O)N(C)C)C(=O)c1ccc(N)cc1.Cl. The summed E-state index contributed by atoms with van der Waals surface area (Å²) in [6.07, 6.45) is 0. The van der Waals surface area contributed by atoms with Crippen LogP contribution in [0.2, 0.25) is 0 Å². The van der Waals surface area contributed by atoms with Gasteiger partial charge in [0.05, 0.1) is 6.61 Å². The average molecular weight is 316 g/mol. The van der Waals surface area contributed by atoms with E-state index in [-0.39, 0.29) is 30.8 Å². The molecule has 2 N–H and O–H groups in total. The minimum Gasteiger partial charge on any atom is -0.399 e. The maximum absolute atomic E-state index is 12.4. The van der Waals surface area contributed by atoms with Crippen LogP contribution in [0.1, 0.15) is 10.4 Å². The summed E-state index contributed by atoms with van der Waals surface area (Å²) in [5.74, 6) is -0.345. The molecule has 0 radical (unpaired) electrons. The lowest BCUT2D eigenvalue weighted by atomic mass is 10.2. The molecule has 0 fully saturated rings. The van der Waals surface area contributed by atoms with Crippen LogP contribution in [0.15, 0.2) is 24.3 Å². The lowest BCUT2D eigenvalue weighted by molar-refractivity contribution is -0.129. The first-order valence-electron chi connectivity index (χ1n) is 6.29. The Hall–Kier alpha value is -1.79. The maximum atomic E-state index is 12.4. The summed E-state index contributed by atoms with van der Waals surface area (Å²) in [6, 6.07) is 6.63. The Balaban J connectivity index is 0.00000400. The number of hydrogen-bond acceptors (Lipinski definition) is 4. The summed E-state index contributed by atoms with van der Waals surface area (Å²) >= 11 is 0. The molecule has 1 rings (SSSR count). The third kappa shape index (κ3) is 6.01. The van der Waals surface area contributed by atoms with Crippen LogP contribution >= 0.6 is 12.4 Å². The summed E-state index contributed by atoms with van der Waals surface area (Å²) in [5, 5.41) is 0. The number of rotatable bonds is 6. The first-order chi connectivity index (χ1) is 9.45. The lowest BCUT2D eigenvalue weighted by Gasteiger charge is -2.23. The monoisotopic (exact) mass is 315 g/mol. The van der Waals surface area contributed by atoms with E-state index in [1.807, 2.05) is 0 Å². The number of nitrogen functional groups attached to an aromatic ring is 1. The molecule has 7 heteroatoms. The molecule has 6 nitrogen and oxygen atoms in total. The third-order valence-electron chi connectivity index (χ3n) is 2.84. The van der Waals surface area contributed by atoms with Crippen molar-refractivity contribution in [1.82, 2.24) is 9.80 Å². The van der Waals surface area contributed by atoms with Crippen LogP contribution in [0, 0.1) is 0 Å². The zero-order valence-electron chi connectivity index (χ0n) is 12.5. The number of halogens is 1. The van der Waals surface area contributed by atoms with Crippen molar-refractivity contribution in [3.05, 3.63) is 29.8 Å². The molecule has 0 saturated heterocycles. The number of nitrogens with zero attached hydrogens (tertiary/aromatic N) is 2. The summed E-state index contributed by atoms with van der Waals surface area (Å²) in [5.41, 5.74) is 6.69. The van der Waals surface area contributed by atoms with E-state index in [4.69, 9.17) is 10.5 Å². The molecular weight excluding hydrogens is 294 g/mol. The molecule has 0 atom stereocenters. The predicted octanol–water partition coefficient (Wildman–Crippen LogP) is 0.867. The quantitative estimate of drug-likeness (QED) is 0.790. The second kappa shape index (κ2) is 9.20. The van der Waals surface area contributed by atoms with Gasteiger partial charge in [0.1, 0.15) is 6.54 Å². The normalized spacial score (nSPS) is 9.67. The topological polar surface area (TPSA) is 75.9 Å². The van der Waals surface area contributed by atoms with Gasteiger partial charge in [0.25, 0.3) is 5.91 Å². The molecule has 0 aliphatic heterocycles. The van der Waals surface area contributed by atoms with Crippen molar-refractivity contribution in [2.75, 3.05) is 46.6 Å². The number of ether oxygens (including phenoxy) is 1. The van der Waals surface area contributed by atoms with E-state index >= 15 is 0 Å². The fourth-order valence-corrected chi connectivity index (χ4v) is 1.57. The number of nitrogens with two attached hydrogens (primary N) is 1. The molecular formula is C14H22ClN3O3. The highest BCUT2D eigenvalue weighted by molar-refractivity contribution is 5.96. The Bertz CT molecular complexity index is 463. The van der Waals surface area contributed by atoms with Crippen molar-refractivity contribution < 1.29 is 14.3 Å². The molecule has 0 spiro atoms. The van der Waals surface area contributed by atoms with Gasteiger partial charge in [-0.1, -0.05) is 0 Å². The number of amides is 2.